The van der Waals surface area contributed by atoms with Crippen LogP contribution in [0.5, 0.6) is 5.75 Å². The Bertz CT molecular complexity index is 434. The van der Waals surface area contributed by atoms with Crippen molar-refractivity contribution in [3.05, 3.63) is 29.3 Å². The van der Waals surface area contributed by atoms with Crippen molar-refractivity contribution < 1.29 is 13.9 Å². The van der Waals surface area contributed by atoms with Crippen LogP contribution in [0.1, 0.15) is 31.2 Å². The topological polar surface area (TPSA) is 32.3 Å². The first kappa shape index (κ1) is 12.9. The number of aromatic hydroxyl groups is 1. The summed E-state index contributed by atoms with van der Waals surface area (Å²) in [5.74, 6) is -0.193. The minimum atomic E-state index is -0.891. The molecule has 0 unspecified atom stereocenters. The zero-order valence-corrected chi connectivity index (χ0v) is 10.8. The van der Waals surface area contributed by atoms with Gasteiger partial charge in [-0.2, -0.15) is 0 Å². The lowest BCUT2D eigenvalue weighted by atomic mass is 9.98. The van der Waals surface area contributed by atoms with Gasteiger partial charge in [0.25, 0.3) is 0 Å². The van der Waals surface area contributed by atoms with Crippen LogP contribution in [0.25, 0.3) is 0 Å². The second kappa shape index (κ2) is 5.08. The Kier molecular flexibility index (Phi) is 3.44. The molecule has 1 aromatic rings. The van der Waals surface area contributed by atoms with Crippen molar-refractivity contribution in [3.63, 3.8) is 0 Å². The highest BCUT2D eigenvalue weighted by Crippen LogP contribution is 2.48. The average molecular weight is 267 g/mol. The van der Waals surface area contributed by atoms with Crippen LogP contribution >= 0.6 is 0 Å². The predicted octanol–water partition coefficient (Wildman–Crippen LogP) is 3.20. The SMILES string of the molecule is Oc1c(F)cc(CNCC(C2CC2)C2CC2)cc1F. The lowest BCUT2D eigenvalue weighted by molar-refractivity contribution is 0.376. The van der Waals surface area contributed by atoms with Gasteiger partial charge in [0.15, 0.2) is 17.4 Å². The van der Waals surface area contributed by atoms with E-state index in [2.05, 4.69) is 5.32 Å². The molecule has 0 amide bonds. The molecule has 2 aliphatic rings. The highest BCUT2D eigenvalue weighted by Gasteiger charge is 2.40. The van der Waals surface area contributed by atoms with Crippen LogP contribution in [0.15, 0.2) is 12.1 Å². The molecule has 4 heteroatoms. The molecular formula is C15H19F2NO. The molecule has 0 bridgehead atoms. The third-order valence-electron chi connectivity index (χ3n) is 4.24. The van der Waals surface area contributed by atoms with Gasteiger partial charge in [-0.25, -0.2) is 8.78 Å². The van der Waals surface area contributed by atoms with Gasteiger partial charge in [0, 0.05) is 6.54 Å². The summed E-state index contributed by atoms with van der Waals surface area (Å²) in [6, 6.07) is 2.38. The first-order chi connectivity index (χ1) is 9.15. The average Bonchev–Trinajstić information content (AvgIpc) is 3.25. The van der Waals surface area contributed by atoms with Gasteiger partial charge in [-0.1, -0.05) is 0 Å². The number of rotatable bonds is 6. The Labute approximate surface area is 111 Å². The van der Waals surface area contributed by atoms with Crippen molar-refractivity contribution >= 4 is 0 Å². The van der Waals surface area contributed by atoms with E-state index in [0.717, 1.165) is 24.3 Å². The van der Waals surface area contributed by atoms with E-state index in [0.29, 0.717) is 12.1 Å². The Morgan fingerprint density at radius 1 is 1.11 bits per heavy atom. The van der Waals surface area contributed by atoms with Crippen LogP contribution < -0.4 is 5.32 Å². The van der Waals surface area contributed by atoms with Crippen LogP contribution in [0, 0.1) is 29.4 Å². The summed E-state index contributed by atoms with van der Waals surface area (Å²) < 4.78 is 26.4. The summed E-state index contributed by atoms with van der Waals surface area (Å²) in [5.41, 5.74) is 0.540. The fraction of sp³-hybridized carbons (Fsp3) is 0.600. The number of hydrogen-bond donors (Lipinski definition) is 2. The van der Waals surface area contributed by atoms with Crippen LogP contribution in [0.2, 0.25) is 0 Å². The summed E-state index contributed by atoms with van der Waals surface area (Å²) in [6.07, 6.45) is 5.35. The highest BCUT2D eigenvalue weighted by atomic mass is 19.1. The molecule has 0 spiro atoms. The molecule has 0 aliphatic heterocycles. The molecule has 3 rings (SSSR count). The van der Waals surface area contributed by atoms with E-state index < -0.39 is 17.4 Å². The number of halogens is 2. The van der Waals surface area contributed by atoms with Gasteiger partial charge in [0.2, 0.25) is 0 Å². The van der Waals surface area contributed by atoms with Gasteiger partial charge in [-0.05, 0) is 67.7 Å². The largest absolute Gasteiger partial charge is 0.503 e. The minimum Gasteiger partial charge on any atom is -0.503 e. The molecule has 0 atom stereocenters. The zero-order chi connectivity index (χ0) is 13.4. The van der Waals surface area contributed by atoms with Crippen molar-refractivity contribution in [3.8, 4) is 5.75 Å². The van der Waals surface area contributed by atoms with Crippen LogP contribution in [0.3, 0.4) is 0 Å². The van der Waals surface area contributed by atoms with E-state index in [1.807, 2.05) is 0 Å². The Morgan fingerprint density at radius 2 is 1.63 bits per heavy atom. The van der Waals surface area contributed by atoms with Gasteiger partial charge >= 0.3 is 0 Å². The molecule has 0 aromatic heterocycles. The third kappa shape index (κ3) is 3.06. The monoisotopic (exact) mass is 267 g/mol. The molecule has 2 saturated carbocycles. The normalized spacial score (nSPS) is 19.1. The van der Waals surface area contributed by atoms with Crippen molar-refractivity contribution in [2.45, 2.75) is 32.2 Å². The number of phenols is 1. The molecule has 104 valence electrons. The van der Waals surface area contributed by atoms with E-state index in [9.17, 15) is 8.78 Å². The van der Waals surface area contributed by atoms with Gasteiger partial charge in [0.05, 0.1) is 0 Å². The van der Waals surface area contributed by atoms with E-state index >= 15 is 0 Å². The lowest BCUT2D eigenvalue weighted by Gasteiger charge is -2.16. The summed E-state index contributed by atoms with van der Waals surface area (Å²) in [6.45, 7) is 1.38. The summed E-state index contributed by atoms with van der Waals surface area (Å²) >= 11 is 0. The van der Waals surface area contributed by atoms with Crippen molar-refractivity contribution in [1.29, 1.82) is 0 Å². The first-order valence-corrected chi connectivity index (χ1v) is 7.02. The molecule has 0 heterocycles. The van der Waals surface area contributed by atoms with Crippen LogP contribution in [0.4, 0.5) is 8.78 Å². The Balaban J connectivity index is 1.54. The van der Waals surface area contributed by atoms with Gasteiger partial charge in [0.1, 0.15) is 0 Å². The maximum absolute atomic E-state index is 13.2. The predicted molar refractivity (Wildman–Crippen MR) is 68.7 cm³/mol. The van der Waals surface area contributed by atoms with E-state index in [1.54, 1.807) is 0 Å². The smallest absolute Gasteiger partial charge is 0.187 e. The van der Waals surface area contributed by atoms with E-state index in [-0.39, 0.29) is 0 Å². The van der Waals surface area contributed by atoms with Crippen molar-refractivity contribution in [1.82, 2.24) is 5.32 Å². The minimum absolute atomic E-state index is 0.448. The standard InChI is InChI=1S/C15H19F2NO/c16-13-5-9(6-14(17)15(13)19)7-18-8-12(10-1-2-10)11-3-4-11/h5-6,10-12,18-19H,1-4,7-8H2. The fourth-order valence-electron chi connectivity index (χ4n) is 2.87. The number of benzene rings is 1. The fourth-order valence-corrected chi connectivity index (χ4v) is 2.87. The van der Waals surface area contributed by atoms with Crippen LogP contribution in [-0.2, 0) is 6.54 Å². The van der Waals surface area contributed by atoms with Gasteiger partial charge in [-0.3, -0.25) is 0 Å². The number of phenolic OH excluding ortho intramolecular Hbond substituents is 1. The molecule has 2 aliphatic carbocycles. The lowest BCUT2D eigenvalue weighted by Crippen LogP contribution is -2.25. The second-order valence-corrected chi connectivity index (χ2v) is 5.88. The van der Waals surface area contributed by atoms with E-state index in [1.165, 1.54) is 37.8 Å². The molecular weight excluding hydrogens is 248 g/mol. The molecule has 0 saturated heterocycles. The van der Waals surface area contributed by atoms with Crippen molar-refractivity contribution in [2.75, 3.05) is 6.54 Å². The highest BCUT2D eigenvalue weighted by molar-refractivity contribution is 5.29. The quantitative estimate of drug-likeness (QED) is 0.829. The molecule has 0 radical (unpaired) electrons. The van der Waals surface area contributed by atoms with Gasteiger partial charge in [-0.15, -0.1) is 0 Å². The third-order valence-corrected chi connectivity index (χ3v) is 4.24. The summed E-state index contributed by atoms with van der Waals surface area (Å²) in [5, 5.41) is 12.3. The number of nitrogens with one attached hydrogen (secondary N) is 1. The molecule has 2 nitrogen and oxygen atoms in total. The molecule has 2 N–H and O–H groups in total. The maximum atomic E-state index is 13.2. The second-order valence-electron chi connectivity index (χ2n) is 5.88. The van der Waals surface area contributed by atoms with Crippen molar-refractivity contribution in [2.24, 2.45) is 17.8 Å². The van der Waals surface area contributed by atoms with E-state index in [4.69, 9.17) is 5.11 Å². The summed E-state index contributed by atoms with van der Waals surface area (Å²) in [4.78, 5) is 0. The molecule has 19 heavy (non-hydrogen) atoms. The number of hydrogen-bond acceptors (Lipinski definition) is 2. The van der Waals surface area contributed by atoms with Gasteiger partial charge < -0.3 is 10.4 Å². The maximum Gasteiger partial charge on any atom is 0.187 e. The summed E-state index contributed by atoms with van der Waals surface area (Å²) in [7, 11) is 0. The molecule has 2 fully saturated rings. The first-order valence-electron chi connectivity index (χ1n) is 7.02. The Hall–Kier alpha value is -1.16. The Morgan fingerprint density at radius 3 is 2.11 bits per heavy atom. The van der Waals surface area contributed by atoms with Crippen LogP contribution in [-0.4, -0.2) is 11.7 Å². The molecule has 1 aromatic carbocycles. The zero-order valence-electron chi connectivity index (χ0n) is 10.8.